The lowest BCUT2D eigenvalue weighted by Crippen LogP contribution is -2.41. The maximum atomic E-state index is 12.4. The van der Waals surface area contributed by atoms with Gasteiger partial charge < -0.3 is 9.47 Å². The Hall–Kier alpha value is -1.97. The largest absolute Gasteiger partial charge is 0.499 e. The summed E-state index contributed by atoms with van der Waals surface area (Å²) < 4.78 is 10.9. The van der Waals surface area contributed by atoms with Crippen molar-refractivity contribution in [1.29, 1.82) is 0 Å². The number of carbonyl (C=O) groups is 1. The Morgan fingerprint density at radius 3 is 2.81 bits per heavy atom. The van der Waals surface area contributed by atoms with Gasteiger partial charge in [-0.25, -0.2) is 4.79 Å². The fourth-order valence-electron chi connectivity index (χ4n) is 3.16. The van der Waals surface area contributed by atoms with E-state index < -0.39 is 0 Å². The van der Waals surface area contributed by atoms with Crippen molar-refractivity contribution in [3.63, 3.8) is 0 Å². The molecule has 2 atom stereocenters. The standard InChI is InChI=1S/C17H21NO3/c1-20-16-11-13-7-8-15(16)18(10-9-13)17(19)21-12-14-5-3-2-4-6-14/h2-6,11,13,15H,7-10,12H2,1H3/t13-,15-/m0/s1. The molecule has 4 nitrogen and oxygen atoms in total. The first-order valence-electron chi connectivity index (χ1n) is 7.51. The van der Waals surface area contributed by atoms with Crippen molar-refractivity contribution in [2.75, 3.05) is 13.7 Å². The molecule has 1 aliphatic carbocycles. The highest BCUT2D eigenvalue weighted by Gasteiger charge is 2.36. The molecule has 4 rings (SSSR count). The summed E-state index contributed by atoms with van der Waals surface area (Å²) in [5.74, 6) is 1.45. The van der Waals surface area contributed by atoms with E-state index in [0.29, 0.717) is 12.5 Å². The molecule has 1 aromatic rings. The van der Waals surface area contributed by atoms with E-state index in [2.05, 4.69) is 6.08 Å². The van der Waals surface area contributed by atoms with Gasteiger partial charge in [0.05, 0.1) is 13.2 Å². The molecule has 3 aliphatic rings. The highest BCUT2D eigenvalue weighted by molar-refractivity contribution is 5.68. The number of ether oxygens (including phenoxy) is 2. The van der Waals surface area contributed by atoms with Crippen molar-refractivity contribution >= 4 is 6.09 Å². The van der Waals surface area contributed by atoms with Crippen LogP contribution < -0.4 is 0 Å². The molecule has 0 saturated carbocycles. The predicted molar refractivity (Wildman–Crippen MR) is 79.6 cm³/mol. The van der Waals surface area contributed by atoms with Gasteiger partial charge in [0.15, 0.2) is 0 Å². The molecule has 0 spiro atoms. The summed E-state index contributed by atoms with van der Waals surface area (Å²) in [6.07, 6.45) is 5.02. The van der Waals surface area contributed by atoms with Crippen molar-refractivity contribution in [1.82, 2.24) is 4.90 Å². The minimum Gasteiger partial charge on any atom is -0.499 e. The lowest BCUT2D eigenvalue weighted by molar-refractivity contribution is 0.0759. The second kappa shape index (κ2) is 6.20. The molecule has 0 radical (unpaired) electrons. The van der Waals surface area contributed by atoms with Crippen LogP contribution >= 0.6 is 0 Å². The Kier molecular flexibility index (Phi) is 4.13. The summed E-state index contributed by atoms with van der Waals surface area (Å²) in [4.78, 5) is 14.2. The third kappa shape index (κ3) is 3.04. The lowest BCUT2D eigenvalue weighted by atomic mass is 9.92. The van der Waals surface area contributed by atoms with Crippen molar-refractivity contribution in [2.45, 2.75) is 31.9 Å². The van der Waals surface area contributed by atoms with Gasteiger partial charge in [-0.3, -0.25) is 4.90 Å². The summed E-state index contributed by atoms with van der Waals surface area (Å²) in [7, 11) is 1.68. The number of fused-ring (bicyclic) bond motifs is 3. The fourth-order valence-corrected chi connectivity index (χ4v) is 3.16. The molecule has 112 valence electrons. The molecule has 1 saturated heterocycles. The van der Waals surface area contributed by atoms with Crippen LogP contribution in [0.5, 0.6) is 0 Å². The zero-order chi connectivity index (χ0) is 14.7. The average Bonchev–Trinajstić information content (AvgIpc) is 2.85. The third-order valence-electron chi connectivity index (χ3n) is 4.33. The Morgan fingerprint density at radius 2 is 2.05 bits per heavy atom. The molecule has 21 heavy (non-hydrogen) atoms. The second-order valence-electron chi connectivity index (χ2n) is 5.65. The monoisotopic (exact) mass is 287 g/mol. The molecule has 1 amide bonds. The van der Waals surface area contributed by atoms with Crippen LogP contribution in [0.3, 0.4) is 0 Å². The maximum absolute atomic E-state index is 12.4. The number of allylic oxidation sites excluding steroid dienone is 1. The van der Waals surface area contributed by atoms with Crippen LogP contribution in [0.15, 0.2) is 42.2 Å². The lowest BCUT2D eigenvalue weighted by Gasteiger charge is -2.30. The van der Waals surface area contributed by atoms with E-state index in [0.717, 1.165) is 37.1 Å². The molecular formula is C17H21NO3. The molecule has 0 N–H and O–H groups in total. The zero-order valence-electron chi connectivity index (χ0n) is 12.3. The van der Waals surface area contributed by atoms with Gasteiger partial charge in [-0.2, -0.15) is 0 Å². The van der Waals surface area contributed by atoms with E-state index in [-0.39, 0.29) is 12.1 Å². The number of nitrogens with zero attached hydrogens (tertiary/aromatic N) is 1. The van der Waals surface area contributed by atoms with Gasteiger partial charge in [0, 0.05) is 6.54 Å². The van der Waals surface area contributed by atoms with Gasteiger partial charge in [0.2, 0.25) is 0 Å². The Balaban J connectivity index is 1.65. The minimum atomic E-state index is -0.241. The maximum Gasteiger partial charge on any atom is 0.410 e. The van der Waals surface area contributed by atoms with Gasteiger partial charge in [0.1, 0.15) is 12.4 Å². The molecule has 0 aromatic heterocycles. The molecular weight excluding hydrogens is 266 g/mol. The summed E-state index contributed by atoms with van der Waals surface area (Å²) in [5.41, 5.74) is 1.01. The smallest absolute Gasteiger partial charge is 0.410 e. The van der Waals surface area contributed by atoms with E-state index in [1.807, 2.05) is 35.2 Å². The van der Waals surface area contributed by atoms with Crippen LogP contribution in [-0.4, -0.2) is 30.7 Å². The fraction of sp³-hybridized carbons (Fsp3) is 0.471. The van der Waals surface area contributed by atoms with E-state index in [4.69, 9.17) is 9.47 Å². The predicted octanol–water partition coefficient (Wildman–Crippen LogP) is 3.34. The Morgan fingerprint density at radius 1 is 1.24 bits per heavy atom. The number of hydrogen-bond donors (Lipinski definition) is 0. The van der Waals surface area contributed by atoms with Crippen LogP contribution in [0.25, 0.3) is 0 Å². The second-order valence-corrected chi connectivity index (χ2v) is 5.65. The third-order valence-corrected chi connectivity index (χ3v) is 4.33. The molecule has 2 aliphatic heterocycles. The molecule has 1 fully saturated rings. The van der Waals surface area contributed by atoms with Crippen molar-refractivity contribution in [3.05, 3.63) is 47.7 Å². The SMILES string of the molecule is COC1=C[C@H]2CC[C@@H]1N(C(=O)OCc1ccccc1)CC2. The first-order valence-corrected chi connectivity index (χ1v) is 7.51. The summed E-state index contributed by atoms with van der Waals surface area (Å²) in [5, 5.41) is 0. The van der Waals surface area contributed by atoms with Crippen molar-refractivity contribution < 1.29 is 14.3 Å². The highest BCUT2D eigenvalue weighted by Crippen LogP contribution is 2.34. The normalized spacial score (nSPS) is 24.2. The number of methoxy groups -OCH3 is 1. The van der Waals surface area contributed by atoms with E-state index in [9.17, 15) is 4.79 Å². The summed E-state index contributed by atoms with van der Waals surface area (Å²) in [6.45, 7) is 1.06. The quantitative estimate of drug-likeness (QED) is 0.856. The topological polar surface area (TPSA) is 38.8 Å². The summed E-state index contributed by atoms with van der Waals surface area (Å²) in [6, 6.07) is 9.81. The Labute approximate surface area is 125 Å². The van der Waals surface area contributed by atoms with Gasteiger partial charge in [0.25, 0.3) is 0 Å². The molecule has 4 heteroatoms. The van der Waals surface area contributed by atoms with Crippen LogP contribution in [0, 0.1) is 5.92 Å². The number of rotatable bonds is 3. The molecule has 1 aromatic carbocycles. The summed E-state index contributed by atoms with van der Waals surface area (Å²) >= 11 is 0. The van der Waals surface area contributed by atoms with Gasteiger partial charge in [-0.05, 0) is 36.8 Å². The van der Waals surface area contributed by atoms with Crippen LogP contribution in [0.4, 0.5) is 4.79 Å². The van der Waals surface area contributed by atoms with Crippen molar-refractivity contribution in [2.24, 2.45) is 5.92 Å². The number of amides is 1. The van der Waals surface area contributed by atoms with Crippen LogP contribution in [0.1, 0.15) is 24.8 Å². The molecule has 2 heterocycles. The van der Waals surface area contributed by atoms with E-state index in [1.165, 1.54) is 0 Å². The average molecular weight is 287 g/mol. The van der Waals surface area contributed by atoms with Crippen LogP contribution in [0.2, 0.25) is 0 Å². The zero-order valence-corrected chi connectivity index (χ0v) is 12.3. The molecule has 0 unspecified atom stereocenters. The van der Waals surface area contributed by atoms with E-state index in [1.54, 1.807) is 7.11 Å². The van der Waals surface area contributed by atoms with Gasteiger partial charge >= 0.3 is 6.09 Å². The number of benzene rings is 1. The first-order chi connectivity index (χ1) is 10.3. The molecule has 2 bridgehead atoms. The number of hydrogen-bond acceptors (Lipinski definition) is 3. The van der Waals surface area contributed by atoms with Crippen molar-refractivity contribution in [3.8, 4) is 0 Å². The minimum absolute atomic E-state index is 0.0389. The van der Waals surface area contributed by atoms with Gasteiger partial charge in [-0.15, -0.1) is 0 Å². The van der Waals surface area contributed by atoms with E-state index >= 15 is 0 Å². The Bertz CT molecular complexity index is 526. The van der Waals surface area contributed by atoms with Crippen LogP contribution in [-0.2, 0) is 16.1 Å². The highest BCUT2D eigenvalue weighted by atomic mass is 16.6. The van der Waals surface area contributed by atoms with Gasteiger partial charge in [-0.1, -0.05) is 30.3 Å². The first kappa shape index (κ1) is 14.0. The number of carbonyl (C=O) groups excluding carboxylic acids is 1.